The van der Waals surface area contributed by atoms with E-state index in [2.05, 4.69) is 45.1 Å². The molecule has 2 aromatic rings. The number of piperidine rings is 1. The van der Waals surface area contributed by atoms with E-state index in [1.165, 1.54) is 12.8 Å². The minimum Gasteiger partial charge on any atom is -0.369 e. The maximum atomic E-state index is 11.9. The van der Waals surface area contributed by atoms with E-state index in [1.807, 2.05) is 12.3 Å². The number of aromatic nitrogens is 2. The van der Waals surface area contributed by atoms with Crippen LogP contribution in [0.5, 0.6) is 0 Å². The molecule has 3 heterocycles. The summed E-state index contributed by atoms with van der Waals surface area (Å²) >= 11 is 0. The highest BCUT2D eigenvalue weighted by Gasteiger charge is 2.41. The number of primary amides is 1. The second-order valence-electron chi connectivity index (χ2n) is 9.92. The zero-order valence-corrected chi connectivity index (χ0v) is 19.4. The molecule has 5 rings (SSSR count). The fourth-order valence-electron chi connectivity index (χ4n) is 6.09. The first-order valence-electron chi connectivity index (χ1n) is 12.2. The molecule has 3 aliphatic rings. The van der Waals surface area contributed by atoms with Gasteiger partial charge < -0.3 is 10.6 Å². The third-order valence-corrected chi connectivity index (χ3v) is 8.02. The van der Waals surface area contributed by atoms with Crippen LogP contribution >= 0.6 is 0 Å². The number of fused-ring (bicyclic) bond motifs is 1. The van der Waals surface area contributed by atoms with Crippen LogP contribution in [0.2, 0.25) is 0 Å². The van der Waals surface area contributed by atoms with Crippen LogP contribution in [0.3, 0.4) is 0 Å². The van der Waals surface area contributed by atoms with Gasteiger partial charge in [0.15, 0.2) is 6.29 Å². The molecule has 0 radical (unpaired) electrons. The summed E-state index contributed by atoms with van der Waals surface area (Å²) in [5.41, 5.74) is 15.5. The van der Waals surface area contributed by atoms with Crippen LogP contribution in [0.15, 0.2) is 36.2 Å². The normalized spacial score (nSPS) is 31.6. The Morgan fingerprint density at radius 3 is 2.82 bits per heavy atom. The molecule has 0 bridgehead atoms. The molecule has 5 atom stereocenters. The van der Waals surface area contributed by atoms with E-state index in [0.717, 1.165) is 54.5 Å². The smallest absolute Gasteiger partial charge is 0.221 e. The van der Waals surface area contributed by atoms with Gasteiger partial charge in [-0.25, -0.2) is 5.84 Å². The number of rotatable bonds is 4. The number of amides is 1. The second kappa shape index (κ2) is 8.96. The number of aromatic amines is 1. The number of hydrogen-bond acceptors (Lipinski definition) is 7. The minimum absolute atomic E-state index is 0.0618. The zero-order valence-electron chi connectivity index (χ0n) is 19.4. The highest BCUT2D eigenvalue weighted by Crippen LogP contribution is 2.39. The van der Waals surface area contributed by atoms with Crippen LogP contribution in [-0.4, -0.2) is 57.5 Å². The van der Waals surface area contributed by atoms with E-state index < -0.39 is 6.29 Å². The van der Waals surface area contributed by atoms with Gasteiger partial charge in [0.2, 0.25) is 5.91 Å². The number of anilines is 1. The average Bonchev–Trinajstić information content (AvgIpc) is 3.29. The number of carbonyl (C=O) groups is 1. The number of carbonyl (C=O) groups excluding carboxylic acids is 1. The van der Waals surface area contributed by atoms with Crippen molar-refractivity contribution in [2.75, 3.05) is 18.0 Å². The average molecular weight is 453 g/mol. The molecule has 1 saturated heterocycles. The van der Waals surface area contributed by atoms with Crippen molar-refractivity contribution in [3.63, 3.8) is 0 Å². The molecule has 0 spiro atoms. The van der Waals surface area contributed by atoms with E-state index >= 15 is 0 Å². The molecule has 3 unspecified atom stereocenters. The topological polar surface area (TPSA) is 134 Å². The van der Waals surface area contributed by atoms with Crippen LogP contribution < -0.4 is 22.2 Å². The summed E-state index contributed by atoms with van der Waals surface area (Å²) in [5, 5.41) is 9.96. The quantitative estimate of drug-likeness (QED) is 0.520. The molecule has 1 amide bonds. The van der Waals surface area contributed by atoms with Gasteiger partial charge in [0.05, 0.1) is 17.6 Å². The molecule has 1 aliphatic carbocycles. The Labute approximate surface area is 194 Å². The van der Waals surface area contributed by atoms with Crippen molar-refractivity contribution in [2.24, 2.45) is 29.1 Å². The molecule has 1 saturated carbocycles. The highest BCUT2D eigenvalue weighted by atomic mass is 16.1. The van der Waals surface area contributed by atoms with Gasteiger partial charge in [-0.05, 0) is 56.9 Å². The van der Waals surface area contributed by atoms with Crippen LogP contribution in [-0.2, 0) is 4.79 Å². The van der Waals surface area contributed by atoms with Gasteiger partial charge in [0.25, 0.3) is 0 Å². The summed E-state index contributed by atoms with van der Waals surface area (Å²) in [7, 11) is 0. The Morgan fingerprint density at radius 2 is 2.00 bits per heavy atom. The number of H-pyrrole nitrogens is 1. The lowest BCUT2D eigenvalue weighted by atomic mass is 9.78. The summed E-state index contributed by atoms with van der Waals surface area (Å²) < 4.78 is 0. The van der Waals surface area contributed by atoms with Crippen LogP contribution in [0.1, 0.15) is 45.4 Å². The third-order valence-electron chi connectivity index (χ3n) is 8.02. The molecular weight excluding hydrogens is 416 g/mol. The van der Waals surface area contributed by atoms with Crippen LogP contribution in [0, 0.1) is 11.8 Å². The first-order valence-corrected chi connectivity index (χ1v) is 12.2. The van der Waals surface area contributed by atoms with Gasteiger partial charge in [-0.3, -0.25) is 25.5 Å². The Morgan fingerprint density at radius 1 is 1.18 bits per heavy atom. The van der Waals surface area contributed by atoms with E-state index in [4.69, 9.17) is 17.3 Å². The molecule has 2 fully saturated rings. The fraction of sp³-hybridized carbons (Fsp3) is 0.583. The largest absolute Gasteiger partial charge is 0.369 e. The van der Waals surface area contributed by atoms with Gasteiger partial charge in [0, 0.05) is 47.9 Å². The van der Waals surface area contributed by atoms with Crippen molar-refractivity contribution in [3.8, 4) is 0 Å². The van der Waals surface area contributed by atoms with Gasteiger partial charge in [-0.2, -0.15) is 5.10 Å². The maximum absolute atomic E-state index is 11.9. The summed E-state index contributed by atoms with van der Waals surface area (Å²) in [6.45, 7) is 3.72. The van der Waals surface area contributed by atoms with Crippen molar-refractivity contribution in [1.82, 2.24) is 20.1 Å². The predicted molar refractivity (Wildman–Crippen MR) is 129 cm³/mol. The van der Waals surface area contributed by atoms with Crippen molar-refractivity contribution >= 4 is 22.5 Å². The van der Waals surface area contributed by atoms with Gasteiger partial charge in [0.1, 0.15) is 0 Å². The lowest BCUT2D eigenvalue weighted by Gasteiger charge is -2.50. The number of hydrogen-bond donors (Lipinski definition) is 4. The lowest BCUT2D eigenvalue weighted by Crippen LogP contribution is -2.62. The molecule has 33 heavy (non-hydrogen) atoms. The second-order valence-corrected chi connectivity index (χ2v) is 9.92. The number of likely N-dealkylation sites (tertiary alicyclic amines) is 1. The fourth-order valence-corrected chi connectivity index (χ4v) is 6.09. The van der Waals surface area contributed by atoms with E-state index in [1.54, 1.807) is 5.01 Å². The first-order chi connectivity index (χ1) is 15.9. The van der Waals surface area contributed by atoms with Crippen molar-refractivity contribution in [1.29, 1.82) is 0 Å². The van der Waals surface area contributed by atoms with Crippen LogP contribution in [0.25, 0.3) is 10.9 Å². The van der Waals surface area contributed by atoms with E-state index in [9.17, 15) is 4.79 Å². The van der Waals surface area contributed by atoms with Crippen LogP contribution in [0.4, 0.5) is 5.69 Å². The van der Waals surface area contributed by atoms with Gasteiger partial charge in [-0.1, -0.05) is 12.8 Å². The van der Waals surface area contributed by atoms with E-state index in [-0.39, 0.29) is 11.8 Å². The van der Waals surface area contributed by atoms with Gasteiger partial charge >= 0.3 is 0 Å². The van der Waals surface area contributed by atoms with Crippen molar-refractivity contribution < 1.29 is 4.79 Å². The number of benzene rings is 1. The first kappa shape index (κ1) is 22.2. The molecular formula is C24H36N8O. The Bertz CT molecular complexity index is 1030. The maximum Gasteiger partial charge on any atom is 0.221 e. The molecule has 1 aromatic heterocycles. The lowest BCUT2D eigenvalue weighted by molar-refractivity contribution is -0.124. The molecule has 178 valence electrons. The number of hydrazine groups is 1. The monoisotopic (exact) mass is 452 g/mol. The standard InChI is InChI=1S/C24H36N8O/c1-15-6-7-17(23(25)33)14-31(15)21-5-3-2-4-19(21)22-10-11-30(24(26)32(22)27)18-9-8-16-13-28-29-20(16)12-18/h8-10,12-13,15,17,19,21,24H,2-7,11,14,26-27H2,1H3,(H2,25,33)(H,28,29)/t15-,17+,19?,21?,24?/m1/s1. The zero-order chi connectivity index (χ0) is 23.1. The third kappa shape index (κ3) is 4.09. The van der Waals surface area contributed by atoms with E-state index in [0.29, 0.717) is 24.5 Å². The van der Waals surface area contributed by atoms with Gasteiger partial charge in [-0.15, -0.1) is 0 Å². The minimum atomic E-state index is -0.454. The summed E-state index contributed by atoms with van der Waals surface area (Å²) in [5.74, 6) is 6.73. The number of nitrogens with two attached hydrogens (primary N) is 3. The van der Waals surface area contributed by atoms with Crippen molar-refractivity contribution in [3.05, 3.63) is 36.2 Å². The van der Waals surface area contributed by atoms with Crippen molar-refractivity contribution in [2.45, 2.75) is 63.8 Å². The number of nitrogens with zero attached hydrogens (tertiary/aromatic N) is 4. The molecule has 9 nitrogen and oxygen atoms in total. The summed E-state index contributed by atoms with van der Waals surface area (Å²) in [6.07, 6.45) is 10.1. The Kier molecular flexibility index (Phi) is 6.03. The predicted octanol–water partition coefficient (Wildman–Crippen LogP) is 1.83. The summed E-state index contributed by atoms with van der Waals surface area (Å²) in [4.78, 5) is 16.6. The molecule has 2 aliphatic heterocycles. The summed E-state index contributed by atoms with van der Waals surface area (Å²) in [6, 6.07) is 6.97. The molecule has 9 heteroatoms. The molecule has 1 aromatic carbocycles. The SMILES string of the molecule is C[C@@H]1CC[C@H](C(N)=O)CN1C1CCCCC1C1=CCN(c2ccc3cn[nH]c3c2)C(N)N1N. The Hall–Kier alpha value is -2.62. The number of nitrogens with one attached hydrogen (secondary N) is 1. The Balaban J connectivity index is 1.39. The highest BCUT2D eigenvalue weighted by molar-refractivity contribution is 5.82. The molecule has 7 N–H and O–H groups in total.